The Hall–Kier alpha value is -2.05. The summed E-state index contributed by atoms with van der Waals surface area (Å²) in [5, 5.41) is 20.0. The largest absolute Gasteiger partial charge is 0.394 e. The van der Waals surface area contributed by atoms with Gasteiger partial charge in [-0.2, -0.15) is 0 Å². The van der Waals surface area contributed by atoms with Crippen molar-refractivity contribution in [3.8, 4) is 0 Å². The third-order valence-electron chi connectivity index (χ3n) is 10.0. The standard InChI is InChI=1S/C19H29NO.C18H29NO2/c1-18(2,3)20-14-12-19(4,13-15-20)17(21)11-10-16-8-6-5-7-9-16;1-14-5-7-15(8-6-14)18(16(21)13-20)9-11-19(12-10-18)17(2,3)4/h5-9H,10-15H2,1-4H3;5-8,16,20-21H,9-13H2,1-4H3. The lowest BCUT2D eigenvalue weighted by Crippen LogP contribution is -2.54. The highest BCUT2D eigenvalue weighted by atomic mass is 16.3. The number of nitrogens with zero attached hydrogens (tertiary/aromatic N) is 2. The first kappa shape index (κ1) is 34.4. The predicted molar refractivity (Wildman–Crippen MR) is 175 cm³/mol. The summed E-state index contributed by atoms with van der Waals surface area (Å²) in [6.07, 6.45) is 4.62. The highest BCUT2D eigenvalue weighted by molar-refractivity contribution is 5.84. The van der Waals surface area contributed by atoms with Crippen molar-refractivity contribution in [2.45, 2.75) is 117 Å². The molecule has 2 aliphatic rings. The van der Waals surface area contributed by atoms with E-state index in [2.05, 4.69) is 102 Å². The minimum atomic E-state index is -0.692. The van der Waals surface area contributed by atoms with E-state index in [1.165, 1.54) is 11.1 Å². The fraction of sp³-hybridized carbons (Fsp3) is 0.649. The van der Waals surface area contributed by atoms with E-state index in [4.69, 9.17) is 0 Å². The number of aliphatic hydroxyl groups is 2. The average Bonchev–Trinajstić information content (AvgIpc) is 2.96. The molecule has 0 bridgehead atoms. The summed E-state index contributed by atoms with van der Waals surface area (Å²) < 4.78 is 0. The summed E-state index contributed by atoms with van der Waals surface area (Å²) in [4.78, 5) is 17.6. The predicted octanol–water partition coefficient (Wildman–Crippen LogP) is 6.57. The number of aryl methyl sites for hydroxylation is 2. The first-order valence-electron chi connectivity index (χ1n) is 16.0. The van der Waals surface area contributed by atoms with E-state index in [1.54, 1.807) is 0 Å². The number of Topliss-reactive ketones (excluding diaryl/α,β-unsaturated/α-hetero) is 1. The Morgan fingerprint density at radius 2 is 1.29 bits per heavy atom. The summed E-state index contributed by atoms with van der Waals surface area (Å²) in [5.41, 5.74) is 3.59. The van der Waals surface area contributed by atoms with E-state index >= 15 is 0 Å². The quantitative estimate of drug-likeness (QED) is 0.389. The second-order valence-corrected chi connectivity index (χ2v) is 15.0. The van der Waals surface area contributed by atoms with Crippen molar-refractivity contribution in [1.29, 1.82) is 0 Å². The van der Waals surface area contributed by atoms with Crippen molar-refractivity contribution in [2.24, 2.45) is 5.41 Å². The van der Waals surface area contributed by atoms with Crippen molar-refractivity contribution in [2.75, 3.05) is 32.8 Å². The first-order valence-corrected chi connectivity index (χ1v) is 16.0. The Morgan fingerprint density at radius 3 is 1.74 bits per heavy atom. The lowest BCUT2D eigenvalue weighted by molar-refractivity contribution is -0.131. The van der Waals surface area contributed by atoms with Gasteiger partial charge >= 0.3 is 0 Å². The van der Waals surface area contributed by atoms with Gasteiger partial charge in [0.1, 0.15) is 5.78 Å². The third-order valence-corrected chi connectivity index (χ3v) is 10.0. The molecule has 2 fully saturated rings. The maximum atomic E-state index is 12.6. The van der Waals surface area contributed by atoms with Gasteiger partial charge in [-0.1, -0.05) is 67.1 Å². The van der Waals surface area contributed by atoms with Gasteiger partial charge in [0.15, 0.2) is 0 Å². The average molecular weight is 579 g/mol. The summed E-state index contributed by atoms with van der Waals surface area (Å²) in [6, 6.07) is 18.7. The number of ketones is 1. The molecule has 5 nitrogen and oxygen atoms in total. The van der Waals surface area contributed by atoms with Crippen LogP contribution in [0.4, 0.5) is 0 Å². The summed E-state index contributed by atoms with van der Waals surface area (Å²) in [5.74, 6) is 0.444. The number of hydrogen-bond donors (Lipinski definition) is 2. The van der Waals surface area contributed by atoms with Crippen LogP contribution in [-0.4, -0.2) is 75.8 Å². The summed E-state index contributed by atoms with van der Waals surface area (Å²) in [6.45, 7) is 21.5. The number of piperidine rings is 2. The van der Waals surface area contributed by atoms with Gasteiger partial charge in [-0.25, -0.2) is 0 Å². The van der Waals surface area contributed by atoms with Crippen molar-refractivity contribution in [3.63, 3.8) is 0 Å². The molecule has 2 aliphatic heterocycles. The van der Waals surface area contributed by atoms with Crippen molar-refractivity contribution >= 4 is 5.78 Å². The molecule has 2 aromatic rings. The van der Waals surface area contributed by atoms with Crippen molar-refractivity contribution in [1.82, 2.24) is 9.80 Å². The van der Waals surface area contributed by atoms with Crippen LogP contribution in [0, 0.1) is 12.3 Å². The Bertz CT molecular complexity index is 1100. The number of likely N-dealkylation sites (tertiary alicyclic amines) is 2. The van der Waals surface area contributed by atoms with Crippen molar-refractivity contribution in [3.05, 3.63) is 71.3 Å². The van der Waals surface area contributed by atoms with Gasteiger partial charge in [-0.15, -0.1) is 0 Å². The molecule has 1 atom stereocenters. The van der Waals surface area contributed by atoms with Crippen LogP contribution in [0.15, 0.2) is 54.6 Å². The molecule has 0 spiro atoms. The number of hydrogen-bond acceptors (Lipinski definition) is 5. The number of carbonyl (C=O) groups excluding carboxylic acids is 1. The zero-order chi connectivity index (χ0) is 31.2. The molecule has 0 aliphatic carbocycles. The summed E-state index contributed by atoms with van der Waals surface area (Å²) in [7, 11) is 0. The molecule has 0 aromatic heterocycles. The van der Waals surface area contributed by atoms with Crippen molar-refractivity contribution < 1.29 is 15.0 Å². The second-order valence-electron chi connectivity index (χ2n) is 15.0. The van der Waals surface area contributed by atoms with Gasteiger partial charge in [0.05, 0.1) is 12.7 Å². The summed E-state index contributed by atoms with van der Waals surface area (Å²) >= 11 is 0. The monoisotopic (exact) mass is 578 g/mol. The maximum absolute atomic E-state index is 12.6. The van der Waals surface area contributed by atoms with E-state index < -0.39 is 6.10 Å². The minimum absolute atomic E-state index is 0.115. The van der Waals surface area contributed by atoms with Crippen LogP contribution >= 0.6 is 0 Å². The molecule has 2 aromatic carbocycles. The molecule has 0 saturated carbocycles. The minimum Gasteiger partial charge on any atom is -0.394 e. The van der Waals surface area contributed by atoms with E-state index in [0.717, 1.165) is 63.8 Å². The zero-order valence-electron chi connectivity index (χ0n) is 27.7. The molecular weight excluding hydrogens is 520 g/mol. The molecule has 234 valence electrons. The number of aliphatic hydroxyl groups excluding tert-OH is 2. The zero-order valence-corrected chi connectivity index (χ0v) is 27.7. The molecule has 1 unspecified atom stereocenters. The van der Waals surface area contributed by atoms with E-state index in [0.29, 0.717) is 12.2 Å². The van der Waals surface area contributed by atoms with Crippen LogP contribution in [-0.2, 0) is 16.6 Å². The third kappa shape index (κ3) is 8.75. The molecule has 5 heteroatoms. The Labute approximate surface area is 256 Å². The number of carbonyl (C=O) groups is 1. The Kier molecular flexibility index (Phi) is 11.6. The molecule has 0 radical (unpaired) electrons. The lowest BCUT2D eigenvalue weighted by atomic mass is 9.68. The lowest BCUT2D eigenvalue weighted by Gasteiger charge is -2.48. The van der Waals surface area contributed by atoms with Crippen LogP contribution in [0.2, 0.25) is 0 Å². The number of rotatable bonds is 7. The van der Waals surface area contributed by atoms with Gasteiger partial charge in [-0.3, -0.25) is 14.6 Å². The maximum Gasteiger partial charge on any atom is 0.139 e. The van der Waals surface area contributed by atoms with E-state index in [9.17, 15) is 15.0 Å². The van der Waals surface area contributed by atoms with Gasteiger partial charge < -0.3 is 10.2 Å². The van der Waals surface area contributed by atoms with Gasteiger partial charge in [0.25, 0.3) is 0 Å². The Balaban J connectivity index is 0.000000230. The molecule has 2 heterocycles. The molecular formula is C37H58N2O3. The normalized spacial score (nSPS) is 20.3. The van der Waals surface area contributed by atoms with Gasteiger partial charge in [-0.05, 0) is 118 Å². The first-order chi connectivity index (χ1) is 19.6. The smallest absolute Gasteiger partial charge is 0.139 e. The van der Waals surface area contributed by atoms with Crippen LogP contribution in [0.25, 0.3) is 0 Å². The topological polar surface area (TPSA) is 64.0 Å². The van der Waals surface area contributed by atoms with Gasteiger partial charge in [0.2, 0.25) is 0 Å². The van der Waals surface area contributed by atoms with E-state index in [-0.39, 0.29) is 28.5 Å². The highest BCUT2D eigenvalue weighted by Crippen LogP contribution is 2.40. The molecule has 0 amide bonds. The fourth-order valence-electron chi connectivity index (χ4n) is 6.61. The molecule has 4 rings (SSSR count). The molecule has 2 N–H and O–H groups in total. The SMILES string of the molecule is CC1(C(=O)CCc2ccccc2)CCN(C(C)(C)C)CC1.Cc1ccc(C2(C(O)CO)CCN(C(C)(C)C)CC2)cc1. The molecule has 42 heavy (non-hydrogen) atoms. The highest BCUT2D eigenvalue weighted by Gasteiger charge is 2.43. The van der Waals surface area contributed by atoms with Gasteiger partial charge in [0, 0.05) is 28.3 Å². The molecule has 2 saturated heterocycles. The van der Waals surface area contributed by atoms with Crippen LogP contribution < -0.4 is 0 Å². The van der Waals surface area contributed by atoms with Crippen LogP contribution in [0.3, 0.4) is 0 Å². The second kappa shape index (κ2) is 14.2. The Morgan fingerprint density at radius 1 is 0.810 bits per heavy atom. The fourth-order valence-corrected chi connectivity index (χ4v) is 6.61. The van der Waals surface area contributed by atoms with Crippen LogP contribution in [0.1, 0.15) is 97.3 Å². The van der Waals surface area contributed by atoms with Crippen LogP contribution in [0.5, 0.6) is 0 Å². The number of benzene rings is 2. The van der Waals surface area contributed by atoms with E-state index in [1.807, 2.05) is 18.2 Å².